The summed E-state index contributed by atoms with van der Waals surface area (Å²) in [6, 6.07) is 7.02. The number of benzene rings is 1. The second-order valence-electron chi connectivity index (χ2n) is 6.22. The smallest absolute Gasteiger partial charge is 0.307 e. The van der Waals surface area contributed by atoms with Gasteiger partial charge >= 0.3 is 11.9 Å². The summed E-state index contributed by atoms with van der Waals surface area (Å²) in [5.74, 6) is -1.72. The van der Waals surface area contributed by atoms with Crippen molar-refractivity contribution in [3.8, 4) is 5.75 Å². The lowest BCUT2D eigenvalue weighted by atomic mass is 9.96. The standard InChI is InChI=1S/C17H24O6/c1-17(2,3)23-15(18)10-13(16(19)20)9-12-5-7-14(8-6-12)22-11-21-4/h5-8,13H,9-11H2,1-4H3,(H,19,20). The highest BCUT2D eigenvalue weighted by Crippen LogP contribution is 2.19. The maximum atomic E-state index is 11.8. The van der Waals surface area contributed by atoms with Crippen molar-refractivity contribution in [2.24, 2.45) is 5.92 Å². The third-order valence-corrected chi connectivity index (χ3v) is 2.93. The average Bonchev–Trinajstić information content (AvgIpc) is 2.43. The van der Waals surface area contributed by atoms with E-state index in [-0.39, 0.29) is 19.6 Å². The van der Waals surface area contributed by atoms with Crippen LogP contribution < -0.4 is 4.74 Å². The molecule has 1 aromatic rings. The molecule has 1 unspecified atom stereocenters. The van der Waals surface area contributed by atoms with Crippen molar-refractivity contribution >= 4 is 11.9 Å². The number of esters is 1. The van der Waals surface area contributed by atoms with Crippen LogP contribution in [0.2, 0.25) is 0 Å². The van der Waals surface area contributed by atoms with Crippen LogP contribution in [0.3, 0.4) is 0 Å². The van der Waals surface area contributed by atoms with Gasteiger partial charge in [0.1, 0.15) is 11.4 Å². The molecule has 0 aliphatic heterocycles. The minimum absolute atomic E-state index is 0.149. The number of carbonyl (C=O) groups is 2. The number of rotatable bonds is 8. The van der Waals surface area contributed by atoms with Crippen molar-refractivity contribution in [1.29, 1.82) is 0 Å². The van der Waals surface area contributed by atoms with Gasteiger partial charge in [-0.25, -0.2) is 0 Å². The van der Waals surface area contributed by atoms with Gasteiger partial charge in [0.15, 0.2) is 6.79 Å². The lowest BCUT2D eigenvalue weighted by molar-refractivity contribution is -0.159. The van der Waals surface area contributed by atoms with Crippen molar-refractivity contribution in [3.05, 3.63) is 29.8 Å². The van der Waals surface area contributed by atoms with Crippen LogP contribution in [-0.4, -0.2) is 36.5 Å². The molecule has 6 heteroatoms. The summed E-state index contributed by atoms with van der Waals surface area (Å²) in [5, 5.41) is 9.30. The summed E-state index contributed by atoms with van der Waals surface area (Å²) in [6.45, 7) is 5.40. The number of ether oxygens (including phenoxy) is 3. The average molecular weight is 324 g/mol. The molecule has 1 rings (SSSR count). The van der Waals surface area contributed by atoms with E-state index in [2.05, 4.69) is 0 Å². The quantitative estimate of drug-likeness (QED) is 0.585. The van der Waals surface area contributed by atoms with Crippen LogP contribution in [-0.2, 0) is 25.5 Å². The fourth-order valence-corrected chi connectivity index (χ4v) is 1.96. The number of hydrogen-bond acceptors (Lipinski definition) is 5. The highest BCUT2D eigenvalue weighted by Gasteiger charge is 2.25. The zero-order valence-corrected chi connectivity index (χ0v) is 14.0. The first kappa shape index (κ1) is 19.0. The number of carboxylic acids is 1. The van der Waals surface area contributed by atoms with E-state index in [0.717, 1.165) is 5.56 Å². The molecular formula is C17H24O6. The van der Waals surface area contributed by atoms with E-state index in [4.69, 9.17) is 14.2 Å². The molecule has 0 aromatic heterocycles. The molecule has 0 amide bonds. The molecule has 0 bridgehead atoms. The van der Waals surface area contributed by atoms with Crippen molar-refractivity contribution in [2.45, 2.75) is 39.2 Å². The molecule has 23 heavy (non-hydrogen) atoms. The minimum Gasteiger partial charge on any atom is -0.481 e. The third-order valence-electron chi connectivity index (χ3n) is 2.93. The van der Waals surface area contributed by atoms with Crippen LogP contribution in [0.5, 0.6) is 5.75 Å². The van der Waals surface area contributed by atoms with Gasteiger partial charge in [0.25, 0.3) is 0 Å². The number of aliphatic carboxylic acids is 1. The van der Waals surface area contributed by atoms with E-state index in [1.165, 1.54) is 7.11 Å². The van der Waals surface area contributed by atoms with Crippen LogP contribution in [0.25, 0.3) is 0 Å². The SMILES string of the molecule is COCOc1ccc(CC(CC(=O)OC(C)(C)C)C(=O)O)cc1. The van der Waals surface area contributed by atoms with Crippen molar-refractivity contribution in [2.75, 3.05) is 13.9 Å². The Hall–Kier alpha value is -2.08. The molecule has 0 saturated carbocycles. The van der Waals surface area contributed by atoms with Gasteiger partial charge in [-0.05, 0) is 44.9 Å². The monoisotopic (exact) mass is 324 g/mol. The summed E-state index contributed by atoms with van der Waals surface area (Å²) in [4.78, 5) is 23.2. The first-order valence-electron chi connectivity index (χ1n) is 7.36. The minimum atomic E-state index is -1.02. The molecule has 0 fully saturated rings. The first-order valence-corrected chi connectivity index (χ1v) is 7.36. The molecule has 0 spiro atoms. The van der Waals surface area contributed by atoms with Gasteiger partial charge < -0.3 is 19.3 Å². The van der Waals surface area contributed by atoms with Crippen LogP contribution in [0.4, 0.5) is 0 Å². The second kappa shape index (κ2) is 8.53. The first-order chi connectivity index (χ1) is 10.7. The van der Waals surface area contributed by atoms with E-state index in [1.54, 1.807) is 45.0 Å². The zero-order valence-electron chi connectivity index (χ0n) is 14.0. The number of carboxylic acid groups (broad SMARTS) is 1. The summed E-state index contributed by atoms with van der Waals surface area (Å²) < 4.78 is 15.3. The Bertz CT molecular complexity index is 515. The predicted octanol–water partition coefficient (Wildman–Crippen LogP) is 2.64. The summed E-state index contributed by atoms with van der Waals surface area (Å²) in [7, 11) is 1.53. The highest BCUT2D eigenvalue weighted by molar-refractivity contribution is 5.79. The Balaban J connectivity index is 2.65. The third kappa shape index (κ3) is 7.65. The lowest BCUT2D eigenvalue weighted by Crippen LogP contribution is -2.28. The van der Waals surface area contributed by atoms with Crippen molar-refractivity contribution in [3.63, 3.8) is 0 Å². The largest absolute Gasteiger partial charge is 0.481 e. The molecule has 1 aromatic carbocycles. The number of methoxy groups -OCH3 is 1. The maximum absolute atomic E-state index is 11.8. The van der Waals surface area contributed by atoms with Crippen LogP contribution in [0.1, 0.15) is 32.8 Å². The Morgan fingerprint density at radius 1 is 1.17 bits per heavy atom. The molecule has 1 N–H and O–H groups in total. The summed E-state index contributed by atoms with van der Waals surface area (Å²) in [5.41, 5.74) is 0.186. The van der Waals surface area contributed by atoms with E-state index in [0.29, 0.717) is 5.75 Å². The Morgan fingerprint density at radius 2 is 1.78 bits per heavy atom. The van der Waals surface area contributed by atoms with E-state index in [9.17, 15) is 14.7 Å². The van der Waals surface area contributed by atoms with Crippen LogP contribution >= 0.6 is 0 Å². The highest BCUT2D eigenvalue weighted by atomic mass is 16.7. The summed E-state index contributed by atoms with van der Waals surface area (Å²) >= 11 is 0. The zero-order chi connectivity index (χ0) is 17.5. The fraction of sp³-hybridized carbons (Fsp3) is 0.529. The Morgan fingerprint density at radius 3 is 2.26 bits per heavy atom. The number of carbonyl (C=O) groups excluding carboxylic acids is 1. The Labute approximate surface area is 136 Å². The molecule has 0 saturated heterocycles. The summed E-state index contributed by atoms with van der Waals surface area (Å²) in [6.07, 6.45) is 0.0909. The molecule has 0 heterocycles. The normalized spacial score (nSPS) is 12.5. The van der Waals surface area contributed by atoms with Gasteiger partial charge in [-0.1, -0.05) is 12.1 Å². The molecule has 0 aliphatic carbocycles. The van der Waals surface area contributed by atoms with Gasteiger partial charge in [-0.2, -0.15) is 0 Å². The van der Waals surface area contributed by atoms with Crippen LogP contribution in [0, 0.1) is 5.92 Å². The molecule has 0 aliphatic rings. The molecule has 6 nitrogen and oxygen atoms in total. The topological polar surface area (TPSA) is 82.1 Å². The van der Waals surface area contributed by atoms with Gasteiger partial charge in [0.2, 0.25) is 0 Å². The molecule has 1 atom stereocenters. The van der Waals surface area contributed by atoms with Crippen molar-refractivity contribution < 1.29 is 28.9 Å². The molecule has 128 valence electrons. The van der Waals surface area contributed by atoms with Crippen molar-refractivity contribution in [1.82, 2.24) is 0 Å². The Kier molecular flexibility index (Phi) is 7.03. The lowest BCUT2D eigenvalue weighted by Gasteiger charge is -2.21. The predicted molar refractivity (Wildman–Crippen MR) is 84.2 cm³/mol. The number of hydrogen-bond donors (Lipinski definition) is 1. The van der Waals surface area contributed by atoms with E-state index >= 15 is 0 Å². The van der Waals surface area contributed by atoms with Gasteiger partial charge in [0, 0.05) is 7.11 Å². The van der Waals surface area contributed by atoms with Gasteiger partial charge in [-0.15, -0.1) is 0 Å². The second-order valence-corrected chi connectivity index (χ2v) is 6.22. The fourth-order valence-electron chi connectivity index (χ4n) is 1.96. The van der Waals surface area contributed by atoms with Gasteiger partial charge in [-0.3, -0.25) is 9.59 Å². The van der Waals surface area contributed by atoms with E-state index in [1.807, 2.05) is 0 Å². The molecular weight excluding hydrogens is 300 g/mol. The van der Waals surface area contributed by atoms with Gasteiger partial charge in [0.05, 0.1) is 12.3 Å². The van der Waals surface area contributed by atoms with E-state index < -0.39 is 23.5 Å². The van der Waals surface area contributed by atoms with Crippen LogP contribution in [0.15, 0.2) is 24.3 Å². The maximum Gasteiger partial charge on any atom is 0.307 e. The molecule has 0 radical (unpaired) electrons.